The minimum atomic E-state index is 0.0517. The molecule has 1 fully saturated rings. The standard InChI is InChI=1S/C15H20N6/c1-2-3-13(12-16)19-8-10-20(11-9-19)15-14-4-5-18-21(14)7-6-17-15/h4-7,13H,2-3,8-11H2,1H3. The molecule has 21 heavy (non-hydrogen) atoms. The van der Waals surface area contributed by atoms with E-state index in [0.29, 0.717) is 0 Å². The average molecular weight is 284 g/mol. The molecule has 6 heteroatoms. The van der Waals surface area contributed by atoms with Crippen LogP contribution in [-0.4, -0.2) is 51.7 Å². The van der Waals surface area contributed by atoms with Crippen LogP contribution in [0.2, 0.25) is 0 Å². The summed E-state index contributed by atoms with van der Waals surface area (Å²) in [5, 5.41) is 13.5. The molecular weight excluding hydrogens is 264 g/mol. The molecule has 0 amide bonds. The van der Waals surface area contributed by atoms with Gasteiger partial charge in [0.2, 0.25) is 0 Å². The molecule has 1 aliphatic heterocycles. The Labute approximate surface area is 124 Å². The number of hydrogen-bond donors (Lipinski definition) is 0. The van der Waals surface area contributed by atoms with Crippen molar-refractivity contribution in [3.63, 3.8) is 0 Å². The molecule has 1 unspecified atom stereocenters. The van der Waals surface area contributed by atoms with Gasteiger partial charge in [-0.3, -0.25) is 4.90 Å². The Bertz CT molecular complexity index is 635. The lowest BCUT2D eigenvalue weighted by molar-refractivity contribution is 0.211. The van der Waals surface area contributed by atoms with Gasteiger partial charge in [0.15, 0.2) is 5.82 Å². The fourth-order valence-corrected chi connectivity index (χ4v) is 2.93. The zero-order chi connectivity index (χ0) is 14.7. The van der Waals surface area contributed by atoms with E-state index in [4.69, 9.17) is 0 Å². The molecule has 1 aliphatic rings. The van der Waals surface area contributed by atoms with Crippen LogP contribution in [0.1, 0.15) is 19.8 Å². The van der Waals surface area contributed by atoms with Crippen molar-refractivity contribution in [1.29, 1.82) is 5.26 Å². The fraction of sp³-hybridized carbons (Fsp3) is 0.533. The monoisotopic (exact) mass is 284 g/mol. The molecular formula is C15H20N6. The Morgan fingerprint density at radius 3 is 2.81 bits per heavy atom. The van der Waals surface area contributed by atoms with Crippen LogP contribution in [0.5, 0.6) is 0 Å². The van der Waals surface area contributed by atoms with E-state index in [1.165, 1.54) is 0 Å². The second-order valence-corrected chi connectivity index (χ2v) is 5.37. The summed E-state index contributed by atoms with van der Waals surface area (Å²) in [5.74, 6) is 0.985. The number of rotatable bonds is 4. The van der Waals surface area contributed by atoms with Crippen LogP contribution in [0.3, 0.4) is 0 Å². The zero-order valence-electron chi connectivity index (χ0n) is 12.3. The molecule has 0 aromatic carbocycles. The van der Waals surface area contributed by atoms with E-state index < -0.39 is 0 Å². The van der Waals surface area contributed by atoms with Gasteiger partial charge < -0.3 is 4.90 Å². The highest BCUT2D eigenvalue weighted by Gasteiger charge is 2.24. The first-order valence-electron chi connectivity index (χ1n) is 7.50. The van der Waals surface area contributed by atoms with Gasteiger partial charge in [-0.2, -0.15) is 10.4 Å². The third-order valence-corrected chi connectivity index (χ3v) is 4.07. The summed E-state index contributed by atoms with van der Waals surface area (Å²) in [4.78, 5) is 9.08. The number of fused-ring (bicyclic) bond motifs is 1. The maximum absolute atomic E-state index is 9.28. The highest BCUT2D eigenvalue weighted by Crippen LogP contribution is 2.20. The molecule has 0 saturated carbocycles. The van der Waals surface area contributed by atoms with Gasteiger partial charge in [0.05, 0.1) is 18.3 Å². The maximum Gasteiger partial charge on any atom is 0.154 e. The van der Waals surface area contributed by atoms with Crippen LogP contribution in [0.4, 0.5) is 5.82 Å². The molecule has 2 aromatic rings. The highest BCUT2D eigenvalue weighted by atomic mass is 15.3. The van der Waals surface area contributed by atoms with Gasteiger partial charge in [-0.25, -0.2) is 9.50 Å². The topological polar surface area (TPSA) is 60.5 Å². The lowest BCUT2D eigenvalue weighted by atomic mass is 10.1. The second kappa shape index (κ2) is 6.10. The first-order valence-corrected chi connectivity index (χ1v) is 7.50. The van der Waals surface area contributed by atoms with Crippen LogP contribution in [0.25, 0.3) is 5.52 Å². The molecule has 3 rings (SSSR count). The number of aromatic nitrogens is 3. The molecule has 6 nitrogen and oxygen atoms in total. The average Bonchev–Trinajstić information content (AvgIpc) is 3.01. The maximum atomic E-state index is 9.28. The molecule has 0 N–H and O–H groups in total. The van der Waals surface area contributed by atoms with E-state index in [1.54, 1.807) is 12.4 Å². The van der Waals surface area contributed by atoms with E-state index in [9.17, 15) is 5.26 Å². The summed E-state index contributed by atoms with van der Waals surface area (Å²) in [6, 6.07) is 4.47. The highest BCUT2D eigenvalue weighted by molar-refractivity contribution is 5.68. The first-order chi connectivity index (χ1) is 10.3. The normalized spacial score (nSPS) is 17.8. The Balaban J connectivity index is 1.71. The molecule has 3 heterocycles. The van der Waals surface area contributed by atoms with E-state index in [2.05, 4.69) is 32.9 Å². The van der Waals surface area contributed by atoms with Crippen LogP contribution < -0.4 is 4.90 Å². The fourth-order valence-electron chi connectivity index (χ4n) is 2.93. The minimum absolute atomic E-state index is 0.0517. The number of nitrogens with zero attached hydrogens (tertiary/aromatic N) is 6. The van der Waals surface area contributed by atoms with Gasteiger partial charge in [0, 0.05) is 38.6 Å². The van der Waals surface area contributed by atoms with Crippen LogP contribution in [-0.2, 0) is 0 Å². The van der Waals surface area contributed by atoms with Gasteiger partial charge in [-0.05, 0) is 12.5 Å². The van der Waals surface area contributed by atoms with Crippen LogP contribution in [0.15, 0.2) is 24.7 Å². The van der Waals surface area contributed by atoms with E-state index in [-0.39, 0.29) is 6.04 Å². The van der Waals surface area contributed by atoms with Gasteiger partial charge in [-0.15, -0.1) is 0 Å². The summed E-state index contributed by atoms with van der Waals surface area (Å²) in [7, 11) is 0. The predicted molar refractivity (Wildman–Crippen MR) is 81.1 cm³/mol. The third kappa shape index (κ3) is 2.69. The summed E-state index contributed by atoms with van der Waals surface area (Å²) in [5.41, 5.74) is 1.04. The lowest BCUT2D eigenvalue weighted by Crippen LogP contribution is -2.50. The first kappa shape index (κ1) is 13.8. The lowest BCUT2D eigenvalue weighted by Gasteiger charge is -2.37. The van der Waals surface area contributed by atoms with Crippen LogP contribution in [0, 0.1) is 11.3 Å². The second-order valence-electron chi connectivity index (χ2n) is 5.37. The molecule has 0 radical (unpaired) electrons. The van der Waals surface area contributed by atoms with Gasteiger partial charge in [-0.1, -0.05) is 13.3 Å². The predicted octanol–water partition coefficient (Wildman–Crippen LogP) is 1.54. The van der Waals surface area contributed by atoms with Crippen molar-refractivity contribution < 1.29 is 0 Å². The summed E-state index contributed by atoms with van der Waals surface area (Å²) >= 11 is 0. The van der Waals surface area contributed by atoms with Gasteiger partial charge in [0.25, 0.3) is 0 Å². The van der Waals surface area contributed by atoms with Crippen molar-refractivity contribution >= 4 is 11.3 Å². The number of piperazine rings is 1. The Morgan fingerprint density at radius 1 is 1.29 bits per heavy atom. The summed E-state index contributed by atoms with van der Waals surface area (Å²) in [6.45, 7) is 5.76. The number of hydrogen-bond acceptors (Lipinski definition) is 5. The van der Waals surface area contributed by atoms with Gasteiger partial charge >= 0.3 is 0 Å². The molecule has 0 spiro atoms. The number of anilines is 1. The van der Waals surface area contributed by atoms with Crippen molar-refractivity contribution in [2.75, 3.05) is 31.1 Å². The van der Waals surface area contributed by atoms with Crippen molar-refractivity contribution in [2.24, 2.45) is 0 Å². The minimum Gasteiger partial charge on any atom is -0.352 e. The SMILES string of the molecule is CCCC(C#N)N1CCN(c2nccn3nccc23)CC1. The molecule has 1 atom stereocenters. The molecule has 0 bridgehead atoms. The number of nitriles is 1. The molecule has 1 saturated heterocycles. The summed E-state index contributed by atoms with van der Waals surface area (Å²) in [6.07, 6.45) is 7.45. The van der Waals surface area contributed by atoms with E-state index in [0.717, 1.165) is 50.4 Å². The molecule has 110 valence electrons. The van der Waals surface area contributed by atoms with E-state index >= 15 is 0 Å². The largest absolute Gasteiger partial charge is 0.352 e. The molecule has 2 aromatic heterocycles. The van der Waals surface area contributed by atoms with E-state index in [1.807, 2.05) is 16.8 Å². The van der Waals surface area contributed by atoms with Crippen molar-refractivity contribution in [1.82, 2.24) is 19.5 Å². The Hall–Kier alpha value is -2.13. The smallest absolute Gasteiger partial charge is 0.154 e. The van der Waals surface area contributed by atoms with Crippen molar-refractivity contribution in [3.8, 4) is 6.07 Å². The zero-order valence-corrected chi connectivity index (χ0v) is 12.3. The van der Waals surface area contributed by atoms with Crippen molar-refractivity contribution in [3.05, 3.63) is 24.7 Å². The quantitative estimate of drug-likeness (QED) is 0.852. The summed E-state index contributed by atoms with van der Waals surface area (Å²) < 4.78 is 1.85. The Kier molecular flexibility index (Phi) is 4.02. The third-order valence-electron chi connectivity index (χ3n) is 4.07. The van der Waals surface area contributed by atoms with Crippen LogP contribution >= 0.6 is 0 Å². The molecule has 0 aliphatic carbocycles. The van der Waals surface area contributed by atoms with Gasteiger partial charge in [0.1, 0.15) is 5.52 Å². The Morgan fingerprint density at radius 2 is 2.10 bits per heavy atom. The van der Waals surface area contributed by atoms with Crippen molar-refractivity contribution in [2.45, 2.75) is 25.8 Å².